The average molecular weight is 341 g/mol. The summed E-state index contributed by atoms with van der Waals surface area (Å²) >= 11 is 12.9. The van der Waals surface area contributed by atoms with Crippen molar-refractivity contribution in [2.24, 2.45) is 0 Å². The topological polar surface area (TPSA) is 37.2 Å². The first-order chi connectivity index (χ1) is 10.2. The molecule has 2 N–H and O–H groups in total. The maximum Gasteiger partial charge on any atom is 0.170 e. The van der Waals surface area contributed by atoms with Gasteiger partial charge in [-0.15, -0.1) is 0 Å². The van der Waals surface area contributed by atoms with Gasteiger partial charge in [0.05, 0.1) is 12.0 Å². The number of anilines is 1. The van der Waals surface area contributed by atoms with Gasteiger partial charge in [0, 0.05) is 17.3 Å². The van der Waals surface area contributed by atoms with Gasteiger partial charge in [-0.3, -0.25) is 0 Å². The van der Waals surface area contributed by atoms with E-state index < -0.39 is 0 Å². The van der Waals surface area contributed by atoms with Crippen molar-refractivity contribution in [1.82, 2.24) is 5.32 Å². The summed E-state index contributed by atoms with van der Waals surface area (Å²) in [7, 11) is 0. The third kappa shape index (κ3) is 6.42. The molecule has 2 aromatic rings. The van der Waals surface area contributed by atoms with Gasteiger partial charge in [0.15, 0.2) is 5.11 Å². The van der Waals surface area contributed by atoms with Gasteiger partial charge in [-0.1, -0.05) is 11.6 Å². The van der Waals surface area contributed by atoms with E-state index in [1.165, 1.54) is 0 Å². The van der Waals surface area contributed by atoms with E-state index in [1.54, 1.807) is 6.26 Å². The van der Waals surface area contributed by atoms with E-state index >= 15 is 0 Å². The number of rotatable bonds is 7. The lowest BCUT2D eigenvalue weighted by atomic mass is 10.3. The normalized spacial score (nSPS) is 10.3. The van der Waals surface area contributed by atoms with Crippen molar-refractivity contribution in [1.29, 1.82) is 0 Å². The molecular weight excluding hydrogens is 324 g/mol. The van der Waals surface area contributed by atoms with Crippen LogP contribution in [0.3, 0.4) is 0 Å². The van der Waals surface area contributed by atoms with E-state index in [0.29, 0.717) is 10.1 Å². The van der Waals surface area contributed by atoms with Crippen molar-refractivity contribution < 1.29 is 4.42 Å². The summed E-state index contributed by atoms with van der Waals surface area (Å²) in [6.07, 6.45) is 2.76. The summed E-state index contributed by atoms with van der Waals surface area (Å²) in [4.78, 5) is 0. The van der Waals surface area contributed by atoms with E-state index in [-0.39, 0.29) is 0 Å². The van der Waals surface area contributed by atoms with Crippen LogP contribution in [0, 0.1) is 0 Å². The fraction of sp³-hybridized carbons (Fsp3) is 0.267. The van der Waals surface area contributed by atoms with Gasteiger partial charge in [-0.2, -0.15) is 11.8 Å². The Bertz CT molecular complexity index is 543. The largest absolute Gasteiger partial charge is 0.468 e. The van der Waals surface area contributed by atoms with Crippen molar-refractivity contribution >= 4 is 46.4 Å². The van der Waals surface area contributed by atoms with Crippen LogP contribution < -0.4 is 10.6 Å². The number of furan rings is 1. The molecule has 1 heterocycles. The maximum atomic E-state index is 5.83. The van der Waals surface area contributed by atoms with Gasteiger partial charge < -0.3 is 15.1 Å². The zero-order chi connectivity index (χ0) is 14.9. The van der Waals surface area contributed by atoms with Crippen LogP contribution in [0.1, 0.15) is 12.2 Å². The predicted octanol–water partition coefficient (Wildman–Crippen LogP) is 4.54. The van der Waals surface area contributed by atoms with Crippen molar-refractivity contribution in [2.75, 3.05) is 17.6 Å². The minimum Gasteiger partial charge on any atom is -0.468 e. The Labute approximate surface area is 139 Å². The summed E-state index contributed by atoms with van der Waals surface area (Å²) in [6, 6.07) is 11.4. The minimum atomic E-state index is 0.633. The van der Waals surface area contributed by atoms with E-state index in [4.69, 9.17) is 28.2 Å². The second-order valence-corrected chi connectivity index (χ2v) is 6.32. The van der Waals surface area contributed by atoms with Gasteiger partial charge in [0.25, 0.3) is 0 Å². The van der Waals surface area contributed by atoms with Gasteiger partial charge in [0.2, 0.25) is 0 Å². The smallest absolute Gasteiger partial charge is 0.170 e. The lowest BCUT2D eigenvalue weighted by Crippen LogP contribution is -2.29. The Morgan fingerprint density at radius 2 is 2.05 bits per heavy atom. The number of halogens is 1. The molecule has 0 saturated heterocycles. The Morgan fingerprint density at radius 1 is 1.24 bits per heavy atom. The number of nitrogens with one attached hydrogen (secondary N) is 2. The molecule has 3 nitrogen and oxygen atoms in total. The van der Waals surface area contributed by atoms with Gasteiger partial charge in [0.1, 0.15) is 5.76 Å². The molecule has 112 valence electrons. The molecule has 6 heteroatoms. The molecule has 21 heavy (non-hydrogen) atoms. The Kier molecular flexibility index (Phi) is 6.92. The summed E-state index contributed by atoms with van der Waals surface area (Å²) in [6.45, 7) is 0.852. The van der Waals surface area contributed by atoms with Crippen LogP contribution in [0.5, 0.6) is 0 Å². The fourth-order valence-electron chi connectivity index (χ4n) is 1.65. The van der Waals surface area contributed by atoms with Crippen LogP contribution in [0.4, 0.5) is 5.69 Å². The molecule has 0 aliphatic heterocycles. The third-order valence-corrected chi connectivity index (χ3v) is 4.24. The molecule has 2 rings (SSSR count). The molecule has 1 aromatic heterocycles. The monoisotopic (exact) mass is 340 g/mol. The van der Waals surface area contributed by atoms with Crippen LogP contribution in [0.2, 0.25) is 5.02 Å². The fourth-order valence-corrected chi connectivity index (χ4v) is 2.86. The highest BCUT2D eigenvalue weighted by Crippen LogP contribution is 2.14. The molecule has 0 aliphatic rings. The molecule has 0 atom stereocenters. The van der Waals surface area contributed by atoms with E-state index in [1.807, 2.05) is 48.2 Å². The highest BCUT2D eigenvalue weighted by atomic mass is 35.5. The second kappa shape index (κ2) is 8.97. The summed E-state index contributed by atoms with van der Waals surface area (Å²) in [5.74, 6) is 3.01. The molecule has 0 bridgehead atoms. The first kappa shape index (κ1) is 16.2. The molecule has 1 aromatic carbocycles. The van der Waals surface area contributed by atoms with Crippen molar-refractivity contribution in [3.05, 3.63) is 53.4 Å². The zero-order valence-electron chi connectivity index (χ0n) is 11.5. The van der Waals surface area contributed by atoms with Gasteiger partial charge >= 0.3 is 0 Å². The van der Waals surface area contributed by atoms with Crippen molar-refractivity contribution in [3.8, 4) is 0 Å². The lowest BCUT2D eigenvalue weighted by Gasteiger charge is -2.10. The minimum absolute atomic E-state index is 0.633. The quantitative estimate of drug-likeness (QED) is 0.571. The van der Waals surface area contributed by atoms with Crippen LogP contribution in [-0.4, -0.2) is 17.4 Å². The van der Waals surface area contributed by atoms with Crippen LogP contribution in [0.15, 0.2) is 47.1 Å². The predicted molar refractivity (Wildman–Crippen MR) is 95.2 cm³/mol. The van der Waals surface area contributed by atoms with Crippen molar-refractivity contribution in [3.63, 3.8) is 0 Å². The number of thiocarbonyl (C=S) groups is 1. The molecule has 0 unspecified atom stereocenters. The van der Waals surface area contributed by atoms with E-state index in [0.717, 1.165) is 35.9 Å². The average Bonchev–Trinajstić information content (AvgIpc) is 2.98. The molecule has 0 aliphatic carbocycles. The molecule has 0 saturated carbocycles. The molecule has 0 spiro atoms. The Morgan fingerprint density at radius 3 is 2.76 bits per heavy atom. The van der Waals surface area contributed by atoms with E-state index in [9.17, 15) is 0 Å². The van der Waals surface area contributed by atoms with Gasteiger partial charge in [-0.05, 0) is 60.8 Å². The van der Waals surface area contributed by atoms with Crippen LogP contribution >= 0.6 is 35.6 Å². The molecule has 0 fully saturated rings. The standard InChI is InChI=1S/C15H17ClN2OS2/c16-12-4-6-13(7-5-12)18-15(20)17-8-2-10-21-11-14-3-1-9-19-14/h1,3-7,9H,2,8,10-11H2,(H2,17,18,20). The number of benzene rings is 1. The first-order valence-electron chi connectivity index (χ1n) is 6.64. The van der Waals surface area contributed by atoms with Crippen LogP contribution in [0.25, 0.3) is 0 Å². The highest BCUT2D eigenvalue weighted by molar-refractivity contribution is 7.98. The van der Waals surface area contributed by atoms with Crippen molar-refractivity contribution in [2.45, 2.75) is 12.2 Å². The summed E-state index contributed by atoms with van der Waals surface area (Å²) < 4.78 is 5.28. The maximum absolute atomic E-state index is 5.83. The summed E-state index contributed by atoms with van der Waals surface area (Å²) in [5.41, 5.74) is 0.934. The first-order valence-corrected chi connectivity index (χ1v) is 8.59. The van der Waals surface area contributed by atoms with Gasteiger partial charge in [-0.25, -0.2) is 0 Å². The second-order valence-electron chi connectivity index (χ2n) is 4.37. The Balaban J connectivity index is 1.54. The number of hydrogen-bond donors (Lipinski definition) is 2. The summed E-state index contributed by atoms with van der Waals surface area (Å²) in [5, 5.41) is 7.66. The van der Waals surface area contributed by atoms with Crippen LogP contribution in [-0.2, 0) is 5.75 Å². The third-order valence-electron chi connectivity index (χ3n) is 2.68. The SMILES string of the molecule is S=C(NCCCSCc1ccco1)Nc1ccc(Cl)cc1. The Hall–Kier alpha value is -1.17. The zero-order valence-corrected chi connectivity index (χ0v) is 13.9. The molecular formula is C15H17ClN2OS2. The lowest BCUT2D eigenvalue weighted by molar-refractivity contribution is 0.530. The molecule has 0 radical (unpaired) electrons. The molecule has 0 amide bonds. The van der Waals surface area contributed by atoms with E-state index in [2.05, 4.69) is 10.6 Å². The highest BCUT2D eigenvalue weighted by Gasteiger charge is 1.98. The number of thioether (sulfide) groups is 1. The number of hydrogen-bond acceptors (Lipinski definition) is 3.